The van der Waals surface area contributed by atoms with E-state index in [4.69, 9.17) is 4.74 Å². The van der Waals surface area contributed by atoms with Crippen LogP contribution in [0.25, 0.3) is 0 Å². The summed E-state index contributed by atoms with van der Waals surface area (Å²) in [5.41, 5.74) is 0. The van der Waals surface area contributed by atoms with Crippen LogP contribution < -0.4 is 9.64 Å². The van der Waals surface area contributed by atoms with E-state index in [1.165, 1.54) is 0 Å². The number of aromatic nitrogens is 2. The van der Waals surface area contributed by atoms with Crippen LogP contribution in [0.15, 0.2) is 12.3 Å². The highest BCUT2D eigenvalue weighted by molar-refractivity contribution is 7.91. The number of sulfone groups is 1. The molecule has 0 N–H and O–H groups in total. The summed E-state index contributed by atoms with van der Waals surface area (Å²) in [5, 5.41) is 0. The van der Waals surface area contributed by atoms with Crippen molar-refractivity contribution in [2.75, 3.05) is 49.7 Å². The molecular weight excluding hydrogens is 304 g/mol. The van der Waals surface area contributed by atoms with Crippen molar-refractivity contribution in [2.24, 2.45) is 0 Å². The van der Waals surface area contributed by atoms with E-state index in [1.54, 1.807) is 19.4 Å². The molecule has 0 atom stereocenters. The number of hydrogen-bond acceptors (Lipinski definition) is 7. The Balaban J connectivity index is 1.56. The molecule has 0 aliphatic carbocycles. The summed E-state index contributed by atoms with van der Waals surface area (Å²) in [5.74, 6) is 1.88. The number of rotatable bonds is 3. The molecule has 0 saturated carbocycles. The predicted octanol–water partition coefficient (Wildman–Crippen LogP) is 0.184. The third-order valence-corrected chi connectivity index (χ3v) is 6.08. The van der Waals surface area contributed by atoms with Crippen molar-refractivity contribution in [3.05, 3.63) is 12.3 Å². The van der Waals surface area contributed by atoms with Gasteiger partial charge in [-0.15, -0.1) is 0 Å². The lowest BCUT2D eigenvalue weighted by molar-refractivity contribution is 0.182. The van der Waals surface area contributed by atoms with Crippen molar-refractivity contribution in [1.29, 1.82) is 0 Å². The SMILES string of the molecule is COc1ccnc(N2CCC(N3CCS(=O)(=O)CC3)CC2)n1. The zero-order valence-electron chi connectivity index (χ0n) is 12.8. The van der Waals surface area contributed by atoms with Crippen LogP contribution >= 0.6 is 0 Å². The Bertz CT molecular complexity index is 600. The summed E-state index contributed by atoms with van der Waals surface area (Å²) in [6, 6.07) is 2.21. The Morgan fingerprint density at radius 2 is 1.86 bits per heavy atom. The van der Waals surface area contributed by atoms with Crippen molar-refractivity contribution < 1.29 is 13.2 Å². The van der Waals surface area contributed by atoms with Gasteiger partial charge in [-0.3, -0.25) is 4.90 Å². The molecule has 7 nitrogen and oxygen atoms in total. The largest absolute Gasteiger partial charge is 0.481 e. The van der Waals surface area contributed by atoms with Gasteiger partial charge in [0.15, 0.2) is 9.84 Å². The number of anilines is 1. The maximum absolute atomic E-state index is 11.5. The maximum atomic E-state index is 11.5. The highest BCUT2D eigenvalue weighted by Crippen LogP contribution is 2.22. The fourth-order valence-electron chi connectivity index (χ4n) is 3.12. The highest BCUT2D eigenvalue weighted by Gasteiger charge is 2.30. The summed E-state index contributed by atoms with van der Waals surface area (Å²) < 4.78 is 28.2. The van der Waals surface area contributed by atoms with Gasteiger partial charge in [0.1, 0.15) is 0 Å². The second-order valence-electron chi connectivity index (χ2n) is 5.81. The van der Waals surface area contributed by atoms with Gasteiger partial charge >= 0.3 is 0 Å². The first kappa shape index (κ1) is 15.5. The Kier molecular flexibility index (Phi) is 4.49. The monoisotopic (exact) mass is 326 g/mol. The van der Waals surface area contributed by atoms with E-state index in [1.807, 2.05) is 0 Å². The third kappa shape index (κ3) is 3.49. The first-order valence-electron chi connectivity index (χ1n) is 7.64. The molecule has 0 aromatic carbocycles. The van der Waals surface area contributed by atoms with E-state index in [-0.39, 0.29) is 0 Å². The molecule has 0 unspecified atom stereocenters. The minimum Gasteiger partial charge on any atom is -0.481 e. The highest BCUT2D eigenvalue weighted by atomic mass is 32.2. The van der Waals surface area contributed by atoms with E-state index >= 15 is 0 Å². The van der Waals surface area contributed by atoms with Crippen LogP contribution in [0.1, 0.15) is 12.8 Å². The topological polar surface area (TPSA) is 75.6 Å². The van der Waals surface area contributed by atoms with Crippen LogP contribution in [0.5, 0.6) is 5.88 Å². The normalized spacial score (nSPS) is 23.4. The molecule has 3 heterocycles. The van der Waals surface area contributed by atoms with Crippen LogP contribution in [0.4, 0.5) is 5.95 Å². The zero-order chi connectivity index (χ0) is 15.6. The molecular formula is C14H22N4O3S. The number of methoxy groups -OCH3 is 1. The summed E-state index contributed by atoms with van der Waals surface area (Å²) in [6.45, 7) is 3.12. The first-order valence-corrected chi connectivity index (χ1v) is 9.46. The molecule has 8 heteroatoms. The number of piperidine rings is 1. The van der Waals surface area contributed by atoms with E-state index in [2.05, 4.69) is 19.8 Å². The molecule has 1 aromatic rings. The average molecular weight is 326 g/mol. The lowest BCUT2D eigenvalue weighted by Crippen LogP contribution is -2.50. The molecule has 2 saturated heterocycles. The number of hydrogen-bond donors (Lipinski definition) is 0. The van der Waals surface area contributed by atoms with Crippen molar-refractivity contribution in [1.82, 2.24) is 14.9 Å². The number of ether oxygens (including phenoxy) is 1. The van der Waals surface area contributed by atoms with Gasteiger partial charge in [-0.05, 0) is 12.8 Å². The van der Waals surface area contributed by atoms with Crippen molar-refractivity contribution in [3.63, 3.8) is 0 Å². The molecule has 0 spiro atoms. The minimum absolute atomic E-state index is 0.298. The van der Waals surface area contributed by atoms with Gasteiger partial charge in [0, 0.05) is 44.5 Å². The fraction of sp³-hybridized carbons (Fsp3) is 0.714. The molecule has 3 rings (SSSR count). The third-order valence-electron chi connectivity index (χ3n) is 4.47. The lowest BCUT2D eigenvalue weighted by atomic mass is 10.0. The van der Waals surface area contributed by atoms with E-state index in [0.29, 0.717) is 42.5 Å². The minimum atomic E-state index is -2.80. The summed E-state index contributed by atoms with van der Waals surface area (Å²) in [7, 11) is -1.20. The first-order chi connectivity index (χ1) is 10.6. The van der Waals surface area contributed by atoms with Crippen molar-refractivity contribution >= 4 is 15.8 Å². The molecule has 2 fully saturated rings. The van der Waals surface area contributed by atoms with Gasteiger partial charge in [-0.2, -0.15) is 4.98 Å². The summed E-state index contributed by atoms with van der Waals surface area (Å²) in [6.07, 6.45) is 3.74. The second kappa shape index (κ2) is 6.37. The summed E-state index contributed by atoms with van der Waals surface area (Å²) >= 11 is 0. The number of nitrogens with zero attached hydrogens (tertiary/aromatic N) is 4. The molecule has 0 bridgehead atoms. The molecule has 22 heavy (non-hydrogen) atoms. The standard InChI is InChI=1S/C14H22N4O3S/c1-21-13-2-5-15-14(16-13)18-6-3-12(4-7-18)17-8-10-22(19,20)11-9-17/h2,5,12H,3-4,6-11H2,1H3. The molecule has 122 valence electrons. The molecule has 0 radical (unpaired) electrons. The quantitative estimate of drug-likeness (QED) is 0.784. The lowest BCUT2D eigenvalue weighted by Gasteiger charge is -2.40. The smallest absolute Gasteiger partial charge is 0.228 e. The van der Waals surface area contributed by atoms with Gasteiger partial charge in [0.25, 0.3) is 0 Å². The van der Waals surface area contributed by atoms with Gasteiger partial charge in [-0.25, -0.2) is 13.4 Å². The average Bonchev–Trinajstić information content (AvgIpc) is 2.55. The van der Waals surface area contributed by atoms with Gasteiger partial charge in [0.05, 0.1) is 18.6 Å². The van der Waals surface area contributed by atoms with Crippen LogP contribution in [0.3, 0.4) is 0 Å². The molecule has 0 amide bonds. The van der Waals surface area contributed by atoms with Crippen LogP contribution in [-0.2, 0) is 9.84 Å². The van der Waals surface area contributed by atoms with Crippen LogP contribution in [0.2, 0.25) is 0 Å². The zero-order valence-corrected chi connectivity index (χ0v) is 13.6. The van der Waals surface area contributed by atoms with Crippen LogP contribution in [-0.4, -0.2) is 74.1 Å². The summed E-state index contributed by atoms with van der Waals surface area (Å²) in [4.78, 5) is 13.2. The van der Waals surface area contributed by atoms with E-state index in [0.717, 1.165) is 25.9 Å². The van der Waals surface area contributed by atoms with E-state index < -0.39 is 9.84 Å². The molecule has 2 aliphatic rings. The molecule has 1 aromatic heterocycles. The second-order valence-corrected chi connectivity index (χ2v) is 8.11. The Morgan fingerprint density at radius 1 is 1.18 bits per heavy atom. The Hall–Kier alpha value is -1.41. The van der Waals surface area contributed by atoms with Crippen LogP contribution in [0, 0.1) is 0 Å². The Morgan fingerprint density at radius 3 is 2.50 bits per heavy atom. The van der Waals surface area contributed by atoms with Gasteiger partial charge in [0.2, 0.25) is 11.8 Å². The van der Waals surface area contributed by atoms with Crippen molar-refractivity contribution in [2.45, 2.75) is 18.9 Å². The van der Waals surface area contributed by atoms with E-state index in [9.17, 15) is 8.42 Å². The van der Waals surface area contributed by atoms with Crippen molar-refractivity contribution in [3.8, 4) is 5.88 Å². The van der Waals surface area contributed by atoms with Gasteiger partial charge < -0.3 is 9.64 Å². The van der Waals surface area contributed by atoms with Gasteiger partial charge in [-0.1, -0.05) is 0 Å². The maximum Gasteiger partial charge on any atom is 0.228 e. The predicted molar refractivity (Wildman–Crippen MR) is 84.0 cm³/mol. The Labute approximate surface area is 131 Å². The fourth-order valence-corrected chi connectivity index (χ4v) is 4.35. The molecule has 2 aliphatic heterocycles.